The lowest BCUT2D eigenvalue weighted by molar-refractivity contribution is 0.0310. The van der Waals surface area contributed by atoms with E-state index in [0.717, 1.165) is 26.2 Å². The fraction of sp³-hybridized carbons (Fsp3) is 0.571. The first kappa shape index (κ1) is 16.4. The maximum absolute atomic E-state index is 11.3. The van der Waals surface area contributed by atoms with E-state index in [1.165, 1.54) is 0 Å². The van der Waals surface area contributed by atoms with E-state index in [1.54, 1.807) is 12.4 Å². The molecule has 0 saturated carbocycles. The van der Waals surface area contributed by atoms with Crippen LogP contribution in [-0.4, -0.2) is 47.9 Å². The molecule has 112 valence electrons. The van der Waals surface area contributed by atoms with Crippen LogP contribution < -0.4 is 10.7 Å². The topological polar surface area (TPSA) is 66.5 Å². The number of hydrogen-bond donors (Lipinski definition) is 2. The minimum atomic E-state index is -0.432. The molecule has 1 amide bonds. The van der Waals surface area contributed by atoms with Gasteiger partial charge in [-0.05, 0) is 32.9 Å². The van der Waals surface area contributed by atoms with Gasteiger partial charge in [0.25, 0.3) is 0 Å². The average Bonchev–Trinajstić information content (AvgIpc) is 2.40. The van der Waals surface area contributed by atoms with Crippen molar-refractivity contribution in [2.75, 3.05) is 26.2 Å². The zero-order valence-electron chi connectivity index (χ0n) is 12.4. The largest absolute Gasteiger partial charge is 0.443 e. The molecule has 0 aliphatic carbocycles. The number of hydrazine groups is 1. The van der Waals surface area contributed by atoms with E-state index < -0.39 is 5.60 Å². The normalized spacial score (nSPS) is 15.8. The van der Waals surface area contributed by atoms with Gasteiger partial charge in [-0.15, -0.1) is 0 Å². The molecule has 1 aromatic heterocycles. The van der Waals surface area contributed by atoms with Gasteiger partial charge in [0.1, 0.15) is 5.60 Å². The summed E-state index contributed by atoms with van der Waals surface area (Å²) in [5.74, 6) is 0. The molecular weight excluding hydrogens is 256 g/mol. The van der Waals surface area contributed by atoms with Crippen molar-refractivity contribution in [2.24, 2.45) is 0 Å². The Hall–Kier alpha value is -1.66. The molecule has 0 spiro atoms. The summed E-state index contributed by atoms with van der Waals surface area (Å²) in [6.45, 7) is 8.99. The molecule has 6 nitrogen and oxygen atoms in total. The van der Waals surface area contributed by atoms with Crippen LogP contribution in [0.25, 0.3) is 0 Å². The van der Waals surface area contributed by atoms with Gasteiger partial charge in [0.05, 0.1) is 0 Å². The number of amides is 1. The molecule has 1 saturated heterocycles. The van der Waals surface area contributed by atoms with Crippen LogP contribution in [0.4, 0.5) is 4.79 Å². The minimum absolute atomic E-state index is 0.376. The molecule has 0 bridgehead atoms. The predicted octanol–water partition coefficient (Wildman–Crippen LogP) is 1.41. The Balaban J connectivity index is 0.000000276. The molecule has 1 aromatic rings. The minimum Gasteiger partial charge on any atom is -0.443 e. The van der Waals surface area contributed by atoms with Crippen molar-refractivity contribution in [1.29, 1.82) is 0 Å². The van der Waals surface area contributed by atoms with Crippen molar-refractivity contribution in [3.63, 3.8) is 0 Å². The summed E-state index contributed by atoms with van der Waals surface area (Å²) >= 11 is 0. The molecule has 0 unspecified atom stereocenters. The third-order valence-corrected chi connectivity index (χ3v) is 2.33. The summed E-state index contributed by atoms with van der Waals surface area (Å²) in [5, 5.41) is 5.07. The van der Waals surface area contributed by atoms with Gasteiger partial charge >= 0.3 is 6.09 Å². The fourth-order valence-electron chi connectivity index (χ4n) is 1.52. The van der Waals surface area contributed by atoms with Crippen LogP contribution in [0, 0.1) is 0 Å². The van der Waals surface area contributed by atoms with Gasteiger partial charge in [-0.1, -0.05) is 6.07 Å². The number of ether oxygens (including phenoxy) is 1. The van der Waals surface area contributed by atoms with Gasteiger partial charge < -0.3 is 10.1 Å². The highest BCUT2D eigenvalue weighted by atomic mass is 16.6. The summed E-state index contributed by atoms with van der Waals surface area (Å²) in [7, 11) is 0. The van der Waals surface area contributed by atoms with Gasteiger partial charge in [0, 0.05) is 38.6 Å². The second-order valence-corrected chi connectivity index (χ2v) is 5.38. The van der Waals surface area contributed by atoms with Gasteiger partial charge in [-0.25, -0.2) is 9.80 Å². The first-order chi connectivity index (χ1) is 9.47. The van der Waals surface area contributed by atoms with Crippen LogP contribution in [0.15, 0.2) is 30.6 Å². The highest BCUT2D eigenvalue weighted by Crippen LogP contribution is 2.06. The van der Waals surface area contributed by atoms with Crippen molar-refractivity contribution in [3.05, 3.63) is 30.6 Å². The van der Waals surface area contributed by atoms with Crippen LogP contribution in [0.1, 0.15) is 20.8 Å². The predicted molar refractivity (Wildman–Crippen MR) is 78.0 cm³/mol. The van der Waals surface area contributed by atoms with Crippen molar-refractivity contribution in [1.82, 2.24) is 20.7 Å². The van der Waals surface area contributed by atoms with Crippen LogP contribution in [-0.2, 0) is 4.74 Å². The molecular formula is C14H24N4O2. The number of pyridine rings is 1. The number of piperazine rings is 1. The molecule has 2 heterocycles. The van der Waals surface area contributed by atoms with Crippen molar-refractivity contribution in [2.45, 2.75) is 26.4 Å². The lowest BCUT2D eigenvalue weighted by Gasteiger charge is -2.29. The lowest BCUT2D eigenvalue weighted by Crippen LogP contribution is -2.53. The Morgan fingerprint density at radius 1 is 1.20 bits per heavy atom. The highest BCUT2D eigenvalue weighted by Gasteiger charge is 2.18. The molecule has 6 heteroatoms. The van der Waals surface area contributed by atoms with Gasteiger partial charge in [-0.3, -0.25) is 10.4 Å². The summed E-state index contributed by atoms with van der Waals surface area (Å²) in [4.78, 5) is 15.1. The van der Waals surface area contributed by atoms with Crippen LogP contribution >= 0.6 is 0 Å². The second kappa shape index (κ2) is 8.50. The molecule has 1 aliphatic rings. The third-order valence-electron chi connectivity index (χ3n) is 2.33. The third kappa shape index (κ3) is 8.44. The standard InChI is InChI=1S/C9H19N3O2.C5H5N/c1-9(2,3)14-8(13)11-12-6-4-10-5-7-12;1-2-4-6-5-3-1/h10H,4-7H2,1-3H3,(H,11,13);1-5H. The molecule has 0 radical (unpaired) electrons. The fourth-order valence-corrected chi connectivity index (χ4v) is 1.52. The molecule has 2 rings (SSSR count). The van der Waals surface area contributed by atoms with E-state index in [1.807, 2.05) is 44.0 Å². The molecule has 2 N–H and O–H groups in total. The quantitative estimate of drug-likeness (QED) is 0.814. The van der Waals surface area contributed by atoms with E-state index in [4.69, 9.17) is 4.74 Å². The number of carbonyl (C=O) groups excluding carboxylic acids is 1. The van der Waals surface area contributed by atoms with Crippen LogP contribution in [0.3, 0.4) is 0 Å². The molecule has 1 aliphatic heterocycles. The van der Waals surface area contributed by atoms with E-state index in [0.29, 0.717) is 0 Å². The Bertz CT molecular complexity index is 346. The van der Waals surface area contributed by atoms with E-state index in [2.05, 4.69) is 15.7 Å². The number of nitrogens with zero attached hydrogens (tertiary/aromatic N) is 2. The Kier molecular flexibility index (Phi) is 6.97. The zero-order valence-corrected chi connectivity index (χ0v) is 12.4. The highest BCUT2D eigenvalue weighted by molar-refractivity contribution is 5.67. The van der Waals surface area contributed by atoms with Gasteiger partial charge in [0.2, 0.25) is 0 Å². The summed E-state index contributed by atoms with van der Waals surface area (Å²) in [6, 6.07) is 5.72. The van der Waals surface area contributed by atoms with Crippen molar-refractivity contribution < 1.29 is 9.53 Å². The van der Waals surface area contributed by atoms with Crippen LogP contribution in [0.5, 0.6) is 0 Å². The number of nitrogens with one attached hydrogen (secondary N) is 2. The number of aromatic nitrogens is 1. The second-order valence-electron chi connectivity index (χ2n) is 5.38. The Morgan fingerprint density at radius 2 is 1.80 bits per heavy atom. The summed E-state index contributed by atoms with van der Waals surface area (Å²) < 4.78 is 5.13. The monoisotopic (exact) mass is 280 g/mol. The van der Waals surface area contributed by atoms with E-state index >= 15 is 0 Å². The molecule has 20 heavy (non-hydrogen) atoms. The smallest absolute Gasteiger partial charge is 0.422 e. The van der Waals surface area contributed by atoms with Crippen molar-refractivity contribution >= 4 is 6.09 Å². The first-order valence-electron chi connectivity index (χ1n) is 6.78. The average molecular weight is 280 g/mol. The molecule has 0 atom stereocenters. The number of carbonyl (C=O) groups is 1. The number of hydrogen-bond acceptors (Lipinski definition) is 5. The summed E-state index contributed by atoms with van der Waals surface area (Å²) in [5.41, 5.74) is 2.28. The van der Waals surface area contributed by atoms with Crippen LogP contribution in [0.2, 0.25) is 0 Å². The zero-order chi connectivity index (χ0) is 14.8. The van der Waals surface area contributed by atoms with Crippen molar-refractivity contribution in [3.8, 4) is 0 Å². The lowest BCUT2D eigenvalue weighted by atomic mass is 10.2. The summed E-state index contributed by atoms with van der Waals surface area (Å²) in [6.07, 6.45) is 3.12. The molecule has 1 fully saturated rings. The maximum Gasteiger partial charge on any atom is 0.422 e. The van der Waals surface area contributed by atoms with E-state index in [9.17, 15) is 4.79 Å². The van der Waals surface area contributed by atoms with E-state index in [-0.39, 0.29) is 6.09 Å². The SMILES string of the molecule is CC(C)(C)OC(=O)NN1CCNCC1.c1ccncc1. The Labute approximate surface area is 120 Å². The maximum atomic E-state index is 11.3. The van der Waals surface area contributed by atoms with Gasteiger partial charge in [-0.2, -0.15) is 0 Å². The first-order valence-corrected chi connectivity index (χ1v) is 6.78. The Morgan fingerprint density at radius 3 is 2.20 bits per heavy atom. The van der Waals surface area contributed by atoms with Gasteiger partial charge in [0.15, 0.2) is 0 Å². The number of rotatable bonds is 1. The molecule has 0 aromatic carbocycles.